The molecule has 1 aliphatic rings. The molecule has 0 bridgehead atoms. The number of nitrogens with zero attached hydrogens (tertiary/aromatic N) is 1. The molecule has 54 heavy (non-hydrogen) atoms. The minimum atomic E-state index is 0.861. The zero-order chi connectivity index (χ0) is 35.8. The first-order chi connectivity index (χ1) is 26.8. The highest BCUT2D eigenvalue weighted by molar-refractivity contribution is 6.08. The van der Waals surface area contributed by atoms with Gasteiger partial charge in [0.2, 0.25) is 0 Å². The monoisotopic (exact) mass is 689 g/mol. The first-order valence-electron chi connectivity index (χ1n) is 18.4. The van der Waals surface area contributed by atoms with E-state index in [0.29, 0.717) is 0 Å². The van der Waals surface area contributed by atoms with E-state index in [-0.39, 0.29) is 0 Å². The number of anilines is 3. The Labute approximate surface area is 315 Å². The van der Waals surface area contributed by atoms with Crippen LogP contribution in [0.4, 0.5) is 17.1 Å². The van der Waals surface area contributed by atoms with Crippen LogP contribution in [-0.2, 0) is 0 Å². The number of hydrogen-bond acceptors (Lipinski definition) is 2. The second-order valence-electron chi connectivity index (χ2n) is 13.7. The van der Waals surface area contributed by atoms with Crippen molar-refractivity contribution in [3.05, 3.63) is 212 Å². The molecule has 0 fully saturated rings. The molecule has 0 atom stereocenters. The van der Waals surface area contributed by atoms with Crippen molar-refractivity contribution in [3.8, 4) is 67.1 Å². The normalized spacial score (nSPS) is 11.5. The van der Waals surface area contributed by atoms with Crippen LogP contribution < -0.4 is 9.64 Å². The van der Waals surface area contributed by atoms with Crippen molar-refractivity contribution in [2.24, 2.45) is 0 Å². The van der Waals surface area contributed by atoms with Crippen LogP contribution in [-0.4, -0.2) is 0 Å². The summed E-state index contributed by atoms with van der Waals surface area (Å²) in [6, 6.07) is 75.7. The molecule has 9 aromatic rings. The molecule has 0 saturated carbocycles. The van der Waals surface area contributed by atoms with Crippen LogP contribution in [0.5, 0.6) is 11.5 Å². The Kier molecular flexibility index (Phi) is 7.85. The molecule has 0 amide bonds. The second kappa shape index (κ2) is 13.4. The second-order valence-corrected chi connectivity index (χ2v) is 13.7. The fraction of sp³-hybridized carbons (Fsp3) is 0. The first-order valence-corrected chi connectivity index (χ1v) is 18.4. The van der Waals surface area contributed by atoms with E-state index in [1.807, 2.05) is 0 Å². The fourth-order valence-corrected chi connectivity index (χ4v) is 7.92. The quantitative estimate of drug-likeness (QED) is 0.172. The highest BCUT2D eigenvalue weighted by atomic mass is 16.5. The maximum absolute atomic E-state index is 7.00. The largest absolute Gasteiger partial charge is 0.455 e. The summed E-state index contributed by atoms with van der Waals surface area (Å²) in [5, 5.41) is 2.35. The zero-order valence-corrected chi connectivity index (χ0v) is 29.6. The van der Waals surface area contributed by atoms with Gasteiger partial charge < -0.3 is 9.64 Å². The van der Waals surface area contributed by atoms with Crippen molar-refractivity contribution in [3.63, 3.8) is 0 Å². The third kappa shape index (κ3) is 5.53. The topological polar surface area (TPSA) is 12.5 Å². The Hall–Kier alpha value is -7.16. The summed E-state index contributed by atoms with van der Waals surface area (Å²) in [5.74, 6) is 1.74. The molecule has 254 valence electrons. The van der Waals surface area contributed by atoms with E-state index in [4.69, 9.17) is 4.74 Å². The summed E-state index contributed by atoms with van der Waals surface area (Å²) in [5.41, 5.74) is 14.7. The van der Waals surface area contributed by atoms with Crippen LogP contribution in [0.15, 0.2) is 212 Å². The number of hydrogen-bond donors (Lipinski definition) is 0. The van der Waals surface area contributed by atoms with E-state index in [0.717, 1.165) is 50.8 Å². The first kappa shape index (κ1) is 31.6. The molecule has 0 radical (unpaired) electrons. The van der Waals surface area contributed by atoms with Gasteiger partial charge in [-0.05, 0) is 86.6 Å². The maximum Gasteiger partial charge on any atom is 0.143 e. The Morgan fingerprint density at radius 1 is 0.333 bits per heavy atom. The summed E-state index contributed by atoms with van der Waals surface area (Å²) in [7, 11) is 0. The molecule has 2 nitrogen and oxygen atoms in total. The molecule has 9 aromatic carbocycles. The molecule has 0 saturated heterocycles. The average Bonchev–Trinajstić information content (AvgIpc) is 3.40. The summed E-state index contributed by atoms with van der Waals surface area (Å²) < 4.78 is 7.00. The van der Waals surface area contributed by atoms with Crippen LogP contribution in [0, 0.1) is 0 Å². The van der Waals surface area contributed by atoms with Gasteiger partial charge in [0.15, 0.2) is 0 Å². The summed E-state index contributed by atoms with van der Waals surface area (Å²) in [6.07, 6.45) is 0. The van der Waals surface area contributed by atoms with Crippen LogP contribution >= 0.6 is 0 Å². The molecule has 0 unspecified atom stereocenters. The third-order valence-electron chi connectivity index (χ3n) is 10.5. The lowest BCUT2D eigenvalue weighted by Gasteiger charge is -2.28. The lowest BCUT2D eigenvalue weighted by Crippen LogP contribution is -2.11. The van der Waals surface area contributed by atoms with E-state index in [2.05, 4.69) is 217 Å². The van der Waals surface area contributed by atoms with Crippen LogP contribution in [0.3, 0.4) is 0 Å². The van der Waals surface area contributed by atoms with Crippen molar-refractivity contribution in [2.45, 2.75) is 0 Å². The van der Waals surface area contributed by atoms with E-state index >= 15 is 0 Å². The van der Waals surface area contributed by atoms with Crippen molar-refractivity contribution >= 4 is 27.8 Å². The smallest absolute Gasteiger partial charge is 0.143 e. The highest BCUT2D eigenvalue weighted by Crippen LogP contribution is 2.53. The molecule has 10 rings (SSSR count). The standard InChI is InChI=1S/C52H35NO/c1-3-15-36(16-4-1)37-27-31-41(32-28-37)53(49-25-13-11-20-43(49)38-17-5-2-6-18-38)42-33-29-39(30-34-42)48-35-40-19-7-8-21-44(40)51-47-24-10-9-22-45(47)46-23-12-14-26-50(46)54-52(48)51/h1-35H. The Morgan fingerprint density at radius 3 is 1.56 bits per heavy atom. The lowest BCUT2D eigenvalue weighted by atomic mass is 9.88. The van der Waals surface area contributed by atoms with Gasteiger partial charge in [0.1, 0.15) is 11.5 Å². The molecular formula is C52H35NO. The summed E-state index contributed by atoms with van der Waals surface area (Å²) >= 11 is 0. The predicted octanol–water partition coefficient (Wildman–Crippen LogP) is 14.8. The van der Waals surface area contributed by atoms with E-state index in [1.165, 1.54) is 44.2 Å². The summed E-state index contributed by atoms with van der Waals surface area (Å²) in [4.78, 5) is 2.37. The number of para-hydroxylation sites is 2. The van der Waals surface area contributed by atoms with E-state index in [1.54, 1.807) is 0 Å². The van der Waals surface area contributed by atoms with Gasteiger partial charge in [0.25, 0.3) is 0 Å². The van der Waals surface area contributed by atoms with Gasteiger partial charge in [-0.3, -0.25) is 0 Å². The van der Waals surface area contributed by atoms with Crippen molar-refractivity contribution in [2.75, 3.05) is 4.90 Å². The minimum absolute atomic E-state index is 0.861. The number of ether oxygens (including phenoxy) is 1. The van der Waals surface area contributed by atoms with Crippen molar-refractivity contribution < 1.29 is 4.74 Å². The Morgan fingerprint density at radius 2 is 0.833 bits per heavy atom. The molecule has 1 heterocycles. The molecule has 2 heteroatoms. The van der Waals surface area contributed by atoms with E-state index < -0.39 is 0 Å². The highest BCUT2D eigenvalue weighted by Gasteiger charge is 2.26. The lowest BCUT2D eigenvalue weighted by molar-refractivity contribution is 0.490. The van der Waals surface area contributed by atoms with Crippen molar-refractivity contribution in [1.82, 2.24) is 0 Å². The summed E-state index contributed by atoms with van der Waals surface area (Å²) in [6.45, 7) is 0. The molecule has 0 N–H and O–H groups in total. The van der Waals surface area contributed by atoms with Gasteiger partial charge in [-0.15, -0.1) is 0 Å². The van der Waals surface area contributed by atoms with Gasteiger partial charge in [0.05, 0.1) is 5.69 Å². The Balaban J connectivity index is 1.14. The molecular weight excluding hydrogens is 655 g/mol. The van der Waals surface area contributed by atoms with E-state index in [9.17, 15) is 0 Å². The zero-order valence-electron chi connectivity index (χ0n) is 29.6. The SMILES string of the molecule is c1ccc(-c2ccc(N(c3ccc(-c4cc5ccccc5c5c4Oc4ccccc4-c4ccccc4-5)cc3)c3ccccc3-c3ccccc3)cc2)cc1. The molecule has 0 aliphatic carbocycles. The molecule has 1 aliphatic heterocycles. The molecule has 0 spiro atoms. The minimum Gasteiger partial charge on any atom is -0.455 e. The van der Waals surface area contributed by atoms with Gasteiger partial charge in [0, 0.05) is 33.6 Å². The number of fused-ring (bicyclic) bond motifs is 7. The molecule has 0 aromatic heterocycles. The third-order valence-corrected chi connectivity index (χ3v) is 10.5. The average molecular weight is 690 g/mol. The number of rotatable bonds is 6. The van der Waals surface area contributed by atoms with Gasteiger partial charge in [-0.25, -0.2) is 0 Å². The van der Waals surface area contributed by atoms with Crippen LogP contribution in [0.2, 0.25) is 0 Å². The van der Waals surface area contributed by atoms with Gasteiger partial charge in [-0.2, -0.15) is 0 Å². The van der Waals surface area contributed by atoms with Gasteiger partial charge >= 0.3 is 0 Å². The van der Waals surface area contributed by atoms with Crippen molar-refractivity contribution in [1.29, 1.82) is 0 Å². The number of benzene rings is 9. The fourth-order valence-electron chi connectivity index (χ4n) is 7.92. The van der Waals surface area contributed by atoms with Crippen LogP contribution in [0.1, 0.15) is 0 Å². The predicted molar refractivity (Wildman–Crippen MR) is 226 cm³/mol. The maximum atomic E-state index is 7.00. The van der Waals surface area contributed by atoms with Crippen LogP contribution in [0.25, 0.3) is 66.4 Å². The Bertz CT molecular complexity index is 2770. The van der Waals surface area contributed by atoms with Gasteiger partial charge in [-0.1, -0.05) is 170 Å².